The molecule has 3 nitrogen and oxygen atoms in total. The Kier molecular flexibility index (Phi) is 3.15. The van der Waals surface area contributed by atoms with Crippen molar-refractivity contribution in [1.29, 1.82) is 0 Å². The topological polar surface area (TPSA) is 35.0 Å². The van der Waals surface area contributed by atoms with Gasteiger partial charge < -0.3 is 4.74 Å². The molecule has 0 N–H and O–H groups in total. The Morgan fingerprint density at radius 3 is 2.56 bits per heavy atom. The summed E-state index contributed by atoms with van der Waals surface area (Å²) in [6.45, 7) is 4.43. The van der Waals surface area contributed by atoms with E-state index in [0.717, 1.165) is 17.1 Å². The molecule has 3 heteroatoms. The van der Waals surface area contributed by atoms with Crippen molar-refractivity contribution in [1.82, 2.24) is 9.97 Å². The van der Waals surface area contributed by atoms with Gasteiger partial charge in [-0.2, -0.15) is 4.98 Å². The fourth-order valence-electron chi connectivity index (χ4n) is 1.52. The lowest BCUT2D eigenvalue weighted by Crippen LogP contribution is -1.98. The minimum atomic E-state index is 0.616. The summed E-state index contributed by atoms with van der Waals surface area (Å²) in [6, 6.07) is 11.9. The molecule has 0 bridgehead atoms. The van der Waals surface area contributed by atoms with Gasteiger partial charge in [0.05, 0.1) is 12.3 Å². The summed E-state index contributed by atoms with van der Waals surface area (Å²) >= 11 is 0. The maximum absolute atomic E-state index is 5.40. The summed E-state index contributed by atoms with van der Waals surface area (Å²) in [6.07, 6.45) is 0. The Labute approximate surface area is 95.1 Å². The molecule has 0 fully saturated rings. The van der Waals surface area contributed by atoms with Crippen molar-refractivity contribution in [2.75, 3.05) is 6.61 Å². The average molecular weight is 214 g/mol. The number of ether oxygens (including phenoxy) is 1. The molecular formula is C13H14N2O. The van der Waals surface area contributed by atoms with Crippen LogP contribution >= 0.6 is 0 Å². The highest BCUT2D eigenvalue weighted by Gasteiger charge is 2.04. The first-order chi connectivity index (χ1) is 7.79. The van der Waals surface area contributed by atoms with Gasteiger partial charge in [0.15, 0.2) is 0 Å². The number of benzene rings is 1. The number of hydrogen-bond acceptors (Lipinski definition) is 3. The molecular weight excluding hydrogens is 200 g/mol. The molecule has 2 rings (SSSR count). The van der Waals surface area contributed by atoms with Gasteiger partial charge in [0.25, 0.3) is 0 Å². The molecule has 1 aromatic heterocycles. The molecule has 0 atom stereocenters. The van der Waals surface area contributed by atoms with Crippen LogP contribution in [0.25, 0.3) is 11.3 Å². The van der Waals surface area contributed by atoms with Crippen molar-refractivity contribution in [3.8, 4) is 17.1 Å². The molecule has 0 amide bonds. The Morgan fingerprint density at radius 2 is 1.88 bits per heavy atom. The van der Waals surface area contributed by atoms with Crippen LogP contribution < -0.4 is 4.74 Å². The van der Waals surface area contributed by atoms with Crippen LogP contribution in [0.5, 0.6) is 5.88 Å². The molecule has 0 aliphatic carbocycles. The Hall–Kier alpha value is -1.90. The van der Waals surface area contributed by atoms with Crippen LogP contribution in [0.3, 0.4) is 0 Å². The van der Waals surface area contributed by atoms with Crippen LogP contribution in [0.1, 0.15) is 12.7 Å². The van der Waals surface area contributed by atoms with Gasteiger partial charge in [-0.3, -0.25) is 0 Å². The van der Waals surface area contributed by atoms with Crippen molar-refractivity contribution in [3.05, 3.63) is 42.2 Å². The Morgan fingerprint density at radius 1 is 1.12 bits per heavy atom. The zero-order valence-corrected chi connectivity index (χ0v) is 9.47. The van der Waals surface area contributed by atoms with E-state index in [9.17, 15) is 0 Å². The van der Waals surface area contributed by atoms with Crippen molar-refractivity contribution >= 4 is 0 Å². The number of rotatable bonds is 3. The largest absolute Gasteiger partial charge is 0.478 e. The lowest BCUT2D eigenvalue weighted by atomic mass is 10.1. The van der Waals surface area contributed by atoms with Gasteiger partial charge in [0.1, 0.15) is 5.82 Å². The summed E-state index contributed by atoms with van der Waals surface area (Å²) < 4.78 is 5.40. The number of aryl methyl sites for hydroxylation is 1. The molecule has 0 unspecified atom stereocenters. The summed E-state index contributed by atoms with van der Waals surface area (Å²) in [4.78, 5) is 8.61. The molecule has 1 aromatic carbocycles. The van der Waals surface area contributed by atoms with Crippen molar-refractivity contribution < 1.29 is 4.74 Å². The lowest BCUT2D eigenvalue weighted by Gasteiger charge is -2.06. The smallest absolute Gasteiger partial charge is 0.217 e. The van der Waals surface area contributed by atoms with Crippen LogP contribution in [0.4, 0.5) is 0 Å². The van der Waals surface area contributed by atoms with Gasteiger partial charge in [-0.1, -0.05) is 30.3 Å². The van der Waals surface area contributed by atoms with Crippen LogP contribution in [0.2, 0.25) is 0 Å². The van der Waals surface area contributed by atoms with Gasteiger partial charge in [-0.25, -0.2) is 4.98 Å². The van der Waals surface area contributed by atoms with Gasteiger partial charge in [-0.05, 0) is 13.8 Å². The molecule has 16 heavy (non-hydrogen) atoms. The monoisotopic (exact) mass is 214 g/mol. The first kappa shape index (κ1) is 10.6. The maximum atomic E-state index is 5.40. The minimum Gasteiger partial charge on any atom is -0.478 e. The molecule has 0 saturated carbocycles. The van der Waals surface area contributed by atoms with Crippen LogP contribution in [0.15, 0.2) is 36.4 Å². The Bertz CT molecular complexity index is 469. The second-order valence-corrected chi connectivity index (χ2v) is 3.44. The highest BCUT2D eigenvalue weighted by atomic mass is 16.5. The predicted molar refractivity (Wildman–Crippen MR) is 63.4 cm³/mol. The van der Waals surface area contributed by atoms with Crippen LogP contribution in [-0.2, 0) is 0 Å². The fraction of sp³-hybridized carbons (Fsp3) is 0.231. The third-order valence-corrected chi connectivity index (χ3v) is 2.18. The molecule has 1 heterocycles. The SMILES string of the molecule is CCOc1cc(-c2ccccc2)nc(C)n1. The van der Waals surface area contributed by atoms with Gasteiger partial charge in [-0.15, -0.1) is 0 Å². The van der Waals surface area contributed by atoms with E-state index in [4.69, 9.17) is 4.74 Å². The molecule has 0 saturated heterocycles. The van der Waals surface area contributed by atoms with Crippen LogP contribution in [-0.4, -0.2) is 16.6 Å². The normalized spacial score (nSPS) is 10.1. The van der Waals surface area contributed by atoms with E-state index in [2.05, 4.69) is 9.97 Å². The van der Waals surface area contributed by atoms with E-state index in [1.54, 1.807) is 0 Å². The summed E-state index contributed by atoms with van der Waals surface area (Å²) in [5.74, 6) is 1.36. The third kappa shape index (κ3) is 2.37. The maximum Gasteiger partial charge on any atom is 0.217 e. The standard InChI is InChI=1S/C13H14N2O/c1-3-16-13-9-12(14-10(2)15-13)11-7-5-4-6-8-11/h4-9H,3H2,1-2H3. The van der Waals surface area contributed by atoms with E-state index >= 15 is 0 Å². The summed E-state index contributed by atoms with van der Waals surface area (Å²) in [7, 11) is 0. The molecule has 2 aromatic rings. The zero-order chi connectivity index (χ0) is 11.4. The third-order valence-electron chi connectivity index (χ3n) is 2.18. The van der Waals surface area contributed by atoms with Crippen molar-refractivity contribution in [2.45, 2.75) is 13.8 Å². The average Bonchev–Trinajstić information content (AvgIpc) is 2.30. The fourth-order valence-corrected chi connectivity index (χ4v) is 1.52. The van der Waals surface area contributed by atoms with Crippen LogP contribution in [0, 0.1) is 6.92 Å². The highest BCUT2D eigenvalue weighted by molar-refractivity contribution is 5.59. The van der Waals surface area contributed by atoms with E-state index in [1.807, 2.05) is 50.2 Å². The van der Waals surface area contributed by atoms with E-state index in [0.29, 0.717) is 12.5 Å². The molecule has 0 spiro atoms. The van der Waals surface area contributed by atoms with Gasteiger partial charge in [0, 0.05) is 11.6 Å². The lowest BCUT2D eigenvalue weighted by molar-refractivity contribution is 0.325. The number of nitrogens with zero attached hydrogens (tertiary/aromatic N) is 2. The van der Waals surface area contributed by atoms with Crippen molar-refractivity contribution in [3.63, 3.8) is 0 Å². The quantitative estimate of drug-likeness (QED) is 0.788. The first-order valence-electron chi connectivity index (χ1n) is 5.33. The summed E-state index contributed by atoms with van der Waals surface area (Å²) in [5, 5.41) is 0. The zero-order valence-electron chi connectivity index (χ0n) is 9.47. The van der Waals surface area contributed by atoms with E-state index < -0.39 is 0 Å². The second-order valence-electron chi connectivity index (χ2n) is 3.44. The number of hydrogen-bond donors (Lipinski definition) is 0. The van der Waals surface area contributed by atoms with E-state index in [-0.39, 0.29) is 0 Å². The van der Waals surface area contributed by atoms with Crippen molar-refractivity contribution in [2.24, 2.45) is 0 Å². The van der Waals surface area contributed by atoms with E-state index in [1.165, 1.54) is 0 Å². The summed E-state index contributed by atoms with van der Waals surface area (Å²) in [5.41, 5.74) is 1.98. The number of aromatic nitrogens is 2. The van der Waals surface area contributed by atoms with Gasteiger partial charge >= 0.3 is 0 Å². The predicted octanol–water partition coefficient (Wildman–Crippen LogP) is 2.85. The first-order valence-corrected chi connectivity index (χ1v) is 5.33. The second kappa shape index (κ2) is 4.75. The molecule has 82 valence electrons. The Balaban J connectivity index is 2.41. The molecule has 0 radical (unpaired) electrons. The highest BCUT2D eigenvalue weighted by Crippen LogP contribution is 2.20. The molecule has 0 aliphatic rings. The minimum absolute atomic E-state index is 0.616. The molecule has 0 aliphatic heterocycles. The van der Waals surface area contributed by atoms with Gasteiger partial charge in [0.2, 0.25) is 5.88 Å².